The van der Waals surface area contributed by atoms with E-state index in [0.717, 1.165) is 28.6 Å². The molecule has 0 amide bonds. The Balaban J connectivity index is 2.14. The number of alkyl halides is 3. The number of rotatable bonds is 2. The van der Waals surface area contributed by atoms with Crippen molar-refractivity contribution in [2.45, 2.75) is 44.8 Å². The van der Waals surface area contributed by atoms with E-state index >= 15 is 0 Å². The molecule has 0 aliphatic carbocycles. The van der Waals surface area contributed by atoms with Crippen LogP contribution in [0.4, 0.5) is 13.2 Å². The van der Waals surface area contributed by atoms with Crippen LogP contribution in [0.1, 0.15) is 36.9 Å². The molecule has 1 unspecified atom stereocenters. The molecule has 0 fully saturated rings. The molecule has 3 rings (SSSR count). The highest BCUT2D eigenvalue weighted by atomic mass is 19.4. The van der Waals surface area contributed by atoms with E-state index in [1.165, 1.54) is 0 Å². The van der Waals surface area contributed by atoms with Gasteiger partial charge < -0.3 is 4.57 Å². The Hall–Kier alpha value is -1.45. The molecular formula is C15H16F3N. The summed E-state index contributed by atoms with van der Waals surface area (Å²) in [6.07, 6.45) is -3.39. The Kier molecular flexibility index (Phi) is 2.84. The number of halogens is 3. The first-order valence-corrected chi connectivity index (χ1v) is 6.68. The Morgan fingerprint density at radius 2 is 2.00 bits per heavy atom. The van der Waals surface area contributed by atoms with Crippen molar-refractivity contribution in [2.75, 3.05) is 0 Å². The van der Waals surface area contributed by atoms with E-state index in [2.05, 4.69) is 4.57 Å². The van der Waals surface area contributed by atoms with Crippen LogP contribution in [0.15, 0.2) is 24.3 Å². The largest absolute Gasteiger partial charge is 0.389 e. The molecule has 1 aromatic heterocycles. The van der Waals surface area contributed by atoms with Crippen LogP contribution in [0.5, 0.6) is 0 Å². The average Bonchev–Trinajstić information content (AvgIpc) is 2.86. The van der Waals surface area contributed by atoms with Gasteiger partial charge in [-0.1, -0.05) is 25.1 Å². The molecule has 0 bridgehead atoms. The molecule has 1 nitrogen and oxygen atoms in total. The van der Waals surface area contributed by atoms with Crippen LogP contribution in [0, 0.1) is 0 Å². The highest BCUT2D eigenvalue weighted by Crippen LogP contribution is 2.43. The van der Waals surface area contributed by atoms with E-state index in [4.69, 9.17) is 0 Å². The van der Waals surface area contributed by atoms with Crippen molar-refractivity contribution in [2.24, 2.45) is 0 Å². The molecule has 0 radical (unpaired) electrons. The van der Waals surface area contributed by atoms with Crippen molar-refractivity contribution in [1.29, 1.82) is 0 Å². The Labute approximate surface area is 110 Å². The topological polar surface area (TPSA) is 4.93 Å². The number of para-hydroxylation sites is 1. The van der Waals surface area contributed by atoms with Crippen LogP contribution in [0.25, 0.3) is 10.9 Å². The lowest BCUT2D eigenvalue weighted by Gasteiger charge is -2.14. The first-order valence-electron chi connectivity index (χ1n) is 6.68. The number of fused-ring (bicyclic) bond motifs is 3. The Bertz CT molecular complexity index is 595. The van der Waals surface area contributed by atoms with Crippen LogP contribution in [0.2, 0.25) is 0 Å². The van der Waals surface area contributed by atoms with Gasteiger partial charge in [-0.3, -0.25) is 0 Å². The van der Waals surface area contributed by atoms with Crippen LogP contribution < -0.4 is 0 Å². The van der Waals surface area contributed by atoms with Gasteiger partial charge in [0.25, 0.3) is 0 Å². The number of benzene rings is 1. The second-order valence-corrected chi connectivity index (χ2v) is 5.19. The molecule has 0 spiro atoms. The lowest BCUT2D eigenvalue weighted by molar-refractivity contribution is -0.138. The molecular weight excluding hydrogens is 251 g/mol. The number of nitrogens with zero attached hydrogens (tertiary/aromatic N) is 1. The quantitative estimate of drug-likeness (QED) is 0.746. The first kappa shape index (κ1) is 12.6. The molecule has 1 atom stereocenters. The van der Waals surface area contributed by atoms with Gasteiger partial charge in [0, 0.05) is 29.1 Å². The maximum absolute atomic E-state index is 12.7. The number of aromatic nitrogens is 1. The zero-order chi connectivity index (χ0) is 13.6. The summed E-state index contributed by atoms with van der Waals surface area (Å²) in [5.74, 6) is -0.373. The fourth-order valence-electron chi connectivity index (χ4n) is 3.37. The maximum Gasteiger partial charge on any atom is 0.389 e. The smallest absolute Gasteiger partial charge is 0.344 e. The van der Waals surface area contributed by atoms with Crippen molar-refractivity contribution in [1.82, 2.24) is 4.57 Å². The normalized spacial score (nSPS) is 19.1. The van der Waals surface area contributed by atoms with Crippen molar-refractivity contribution in [3.63, 3.8) is 0 Å². The Morgan fingerprint density at radius 1 is 1.26 bits per heavy atom. The molecule has 4 heteroatoms. The lowest BCUT2D eigenvalue weighted by Crippen LogP contribution is -2.13. The Morgan fingerprint density at radius 3 is 2.68 bits per heavy atom. The number of hydrogen-bond acceptors (Lipinski definition) is 0. The summed E-state index contributed by atoms with van der Waals surface area (Å²) in [6.45, 7) is 2.72. The van der Waals surface area contributed by atoms with Crippen LogP contribution >= 0.6 is 0 Å². The van der Waals surface area contributed by atoms with Gasteiger partial charge in [-0.2, -0.15) is 13.2 Å². The number of hydrogen-bond donors (Lipinski definition) is 0. The first-order chi connectivity index (χ1) is 9.01. The van der Waals surface area contributed by atoms with E-state index in [-0.39, 0.29) is 5.92 Å². The summed E-state index contributed by atoms with van der Waals surface area (Å²) < 4.78 is 40.1. The van der Waals surface area contributed by atoms with E-state index in [0.29, 0.717) is 13.0 Å². The average molecular weight is 267 g/mol. The summed E-state index contributed by atoms with van der Waals surface area (Å²) in [5, 5.41) is 1.12. The minimum atomic E-state index is -4.08. The summed E-state index contributed by atoms with van der Waals surface area (Å²) in [4.78, 5) is 0. The second-order valence-electron chi connectivity index (χ2n) is 5.19. The summed E-state index contributed by atoms with van der Waals surface area (Å²) >= 11 is 0. The molecule has 102 valence electrons. The van der Waals surface area contributed by atoms with E-state index in [1.54, 1.807) is 0 Å². The van der Waals surface area contributed by atoms with E-state index in [9.17, 15) is 13.2 Å². The SMILES string of the molecule is CCc1c2n(c3ccccc13)CCC2CC(F)(F)F. The summed E-state index contributed by atoms with van der Waals surface area (Å²) in [5.41, 5.74) is 3.10. The van der Waals surface area contributed by atoms with E-state index in [1.807, 2.05) is 31.2 Å². The zero-order valence-corrected chi connectivity index (χ0v) is 10.8. The third-order valence-electron chi connectivity index (χ3n) is 4.04. The van der Waals surface area contributed by atoms with Gasteiger partial charge in [0.2, 0.25) is 0 Å². The van der Waals surface area contributed by atoms with Crippen molar-refractivity contribution in [3.05, 3.63) is 35.5 Å². The maximum atomic E-state index is 12.7. The second kappa shape index (κ2) is 4.29. The minimum Gasteiger partial charge on any atom is -0.344 e. The molecule has 2 aromatic rings. The van der Waals surface area contributed by atoms with Crippen molar-refractivity contribution >= 4 is 10.9 Å². The lowest BCUT2D eigenvalue weighted by atomic mass is 9.95. The van der Waals surface area contributed by atoms with Gasteiger partial charge >= 0.3 is 6.18 Å². The van der Waals surface area contributed by atoms with Gasteiger partial charge in [-0.15, -0.1) is 0 Å². The van der Waals surface area contributed by atoms with Crippen LogP contribution in [-0.2, 0) is 13.0 Å². The van der Waals surface area contributed by atoms with Gasteiger partial charge in [-0.05, 0) is 24.5 Å². The summed E-state index contributed by atoms with van der Waals surface area (Å²) in [7, 11) is 0. The fourth-order valence-corrected chi connectivity index (χ4v) is 3.37. The predicted molar refractivity (Wildman–Crippen MR) is 69.3 cm³/mol. The molecule has 0 saturated carbocycles. The molecule has 19 heavy (non-hydrogen) atoms. The summed E-state index contributed by atoms with van der Waals surface area (Å²) in [6, 6.07) is 7.93. The van der Waals surface area contributed by atoms with Gasteiger partial charge in [0.15, 0.2) is 0 Å². The molecule has 0 saturated heterocycles. The predicted octanol–water partition coefficient (Wildman–Crippen LogP) is 4.64. The fraction of sp³-hybridized carbons (Fsp3) is 0.467. The third-order valence-corrected chi connectivity index (χ3v) is 4.04. The third kappa shape index (κ3) is 2.03. The molecule has 1 aromatic carbocycles. The van der Waals surface area contributed by atoms with Crippen molar-refractivity contribution in [3.8, 4) is 0 Å². The molecule has 2 heterocycles. The molecule has 1 aliphatic heterocycles. The molecule has 0 N–H and O–H groups in total. The van der Waals surface area contributed by atoms with E-state index < -0.39 is 12.6 Å². The van der Waals surface area contributed by atoms with Crippen LogP contribution in [-0.4, -0.2) is 10.7 Å². The van der Waals surface area contributed by atoms with Gasteiger partial charge in [0.05, 0.1) is 6.42 Å². The zero-order valence-electron chi connectivity index (χ0n) is 10.8. The van der Waals surface area contributed by atoms with Crippen molar-refractivity contribution < 1.29 is 13.2 Å². The standard InChI is InChI=1S/C15H16F3N/c1-2-11-12-5-3-4-6-13(12)19-8-7-10(14(11)19)9-15(16,17)18/h3-6,10H,2,7-9H2,1H3. The monoisotopic (exact) mass is 267 g/mol. The molecule has 1 aliphatic rings. The highest BCUT2D eigenvalue weighted by Gasteiger charge is 2.37. The van der Waals surface area contributed by atoms with Crippen LogP contribution in [0.3, 0.4) is 0 Å². The van der Waals surface area contributed by atoms with Gasteiger partial charge in [-0.25, -0.2) is 0 Å². The minimum absolute atomic E-state index is 0.373. The highest BCUT2D eigenvalue weighted by molar-refractivity contribution is 5.86. The van der Waals surface area contributed by atoms with Gasteiger partial charge in [0.1, 0.15) is 0 Å². The number of aryl methyl sites for hydroxylation is 2.